The minimum atomic E-state index is -0.249. The van der Waals surface area contributed by atoms with Gasteiger partial charge in [-0.05, 0) is 54.2 Å². The lowest BCUT2D eigenvalue weighted by atomic mass is 9.97. The summed E-state index contributed by atoms with van der Waals surface area (Å²) in [6.07, 6.45) is 7.05. The molecule has 0 amide bonds. The predicted octanol–water partition coefficient (Wildman–Crippen LogP) is 7.77. The van der Waals surface area contributed by atoms with Crippen LogP contribution in [0.2, 0.25) is 10.0 Å². The van der Waals surface area contributed by atoms with E-state index < -0.39 is 0 Å². The van der Waals surface area contributed by atoms with E-state index in [1.165, 1.54) is 54.1 Å². The third-order valence-electron chi connectivity index (χ3n) is 6.21. The predicted molar refractivity (Wildman–Crippen MR) is 147 cm³/mol. The van der Waals surface area contributed by atoms with Crippen molar-refractivity contribution in [3.8, 4) is 34.4 Å². The van der Waals surface area contributed by atoms with Gasteiger partial charge in [-0.3, -0.25) is 14.7 Å². The van der Waals surface area contributed by atoms with Gasteiger partial charge in [-0.2, -0.15) is 5.26 Å². The number of nitrogens with zero attached hydrogens (tertiary/aromatic N) is 2. The smallest absolute Gasteiger partial charge is 0.194 e. The Hall–Kier alpha value is -4.12. The molecule has 6 nitrogen and oxygen atoms in total. The van der Waals surface area contributed by atoms with E-state index in [1.807, 2.05) is 18.2 Å². The van der Waals surface area contributed by atoms with Gasteiger partial charge in [-0.15, -0.1) is 0 Å². The van der Waals surface area contributed by atoms with Gasteiger partial charge in [0.1, 0.15) is 24.2 Å². The third kappa shape index (κ3) is 6.48. The summed E-state index contributed by atoms with van der Waals surface area (Å²) in [5.74, 6) is 0.607. The van der Waals surface area contributed by atoms with Crippen LogP contribution in [-0.2, 0) is 19.4 Å². The number of halogens is 3. The number of aryl methyl sites for hydroxylation is 1. The number of aromatic nitrogens is 1. The standard InChI is InChI=1S/C16H15ClO.C14H8ClFN2O3/c1-18-15-10-4-9-14(16(15)17)13-8-3-6-11-5-2-7-12(11)13;15-12-2-11(7-19)13(3-14(12)21-16)20-8-10-1-9(4-17)5-18-6-10/h3-4,6,8-10H,2,5,7H2,1H3;1-3,5-7H,8H2. The highest BCUT2D eigenvalue weighted by Crippen LogP contribution is 2.39. The molecule has 1 aliphatic rings. The fourth-order valence-electron chi connectivity index (χ4n) is 4.36. The van der Waals surface area contributed by atoms with E-state index in [2.05, 4.69) is 34.2 Å². The number of aldehydes is 1. The number of fused-ring (bicyclic) bond motifs is 1. The van der Waals surface area contributed by atoms with Gasteiger partial charge in [0.05, 0.1) is 28.3 Å². The number of carbonyl (C=O) groups excluding carboxylic acids is 1. The third-order valence-corrected chi connectivity index (χ3v) is 6.90. The van der Waals surface area contributed by atoms with E-state index in [1.54, 1.807) is 13.2 Å². The molecule has 5 rings (SSSR count). The van der Waals surface area contributed by atoms with E-state index in [-0.39, 0.29) is 28.7 Å². The van der Waals surface area contributed by atoms with Crippen molar-refractivity contribution in [2.24, 2.45) is 0 Å². The van der Waals surface area contributed by atoms with Gasteiger partial charge in [0.2, 0.25) is 0 Å². The number of pyridine rings is 1. The molecular formula is C30H23Cl2FN2O4. The molecule has 0 bridgehead atoms. The summed E-state index contributed by atoms with van der Waals surface area (Å²) in [6, 6.07) is 18.4. The number of benzene rings is 3. The van der Waals surface area contributed by atoms with E-state index in [4.69, 9.17) is 37.9 Å². The topological polar surface area (TPSA) is 81.4 Å². The number of ether oxygens (including phenoxy) is 2. The number of nitriles is 1. The molecule has 4 aromatic rings. The quantitative estimate of drug-likeness (QED) is 0.213. The van der Waals surface area contributed by atoms with Crippen molar-refractivity contribution >= 4 is 29.5 Å². The number of hydrogen-bond acceptors (Lipinski definition) is 6. The van der Waals surface area contributed by atoms with Crippen LogP contribution in [0.4, 0.5) is 4.53 Å². The van der Waals surface area contributed by atoms with Gasteiger partial charge < -0.3 is 9.47 Å². The minimum absolute atomic E-state index is 0.0416. The normalized spacial score (nSPS) is 11.5. The second-order valence-corrected chi connectivity index (χ2v) is 9.40. The average molecular weight is 565 g/mol. The summed E-state index contributed by atoms with van der Waals surface area (Å²) in [4.78, 5) is 18.4. The monoisotopic (exact) mass is 564 g/mol. The van der Waals surface area contributed by atoms with Crippen LogP contribution >= 0.6 is 23.2 Å². The molecule has 0 atom stereocenters. The highest BCUT2D eigenvalue weighted by atomic mass is 35.5. The van der Waals surface area contributed by atoms with Gasteiger partial charge in [-0.25, -0.2) is 0 Å². The summed E-state index contributed by atoms with van der Waals surface area (Å²) in [7, 11) is 1.65. The zero-order valence-electron chi connectivity index (χ0n) is 20.9. The van der Waals surface area contributed by atoms with Crippen molar-refractivity contribution in [1.29, 1.82) is 5.26 Å². The summed E-state index contributed by atoms with van der Waals surface area (Å²) in [6.45, 7) is 0.0523. The van der Waals surface area contributed by atoms with Crippen molar-refractivity contribution in [3.05, 3.63) is 105 Å². The number of methoxy groups -OCH3 is 1. The average Bonchev–Trinajstić information content (AvgIpc) is 3.46. The molecule has 3 aromatic carbocycles. The molecule has 1 heterocycles. The number of rotatable bonds is 7. The van der Waals surface area contributed by atoms with Crippen LogP contribution in [0.25, 0.3) is 11.1 Å². The van der Waals surface area contributed by atoms with E-state index in [0.29, 0.717) is 22.4 Å². The maximum Gasteiger partial charge on any atom is 0.194 e. The molecule has 1 aromatic heterocycles. The lowest BCUT2D eigenvalue weighted by Gasteiger charge is -2.12. The Bertz CT molecular complexity index is 1540. The first kappa shape index (κ1) is 27.9. The van der Waals surface area contributed by atoms with Gasteiger partial charge in [-0.1, -0.05) is 53.5 Å². The maximum atomic E-state index is 12.3. The lowest BCUT2D eigenvalue weighted by molar-refractivity contribution is -0.00637. The molecule has 39 heavy (non-hydrogen) atoms. The SMILES string of the molecule is COc1cccc(-c2cccc3c2CCC3)c1Cl.N#Cc1cncc(COc2cc(OF)c(Cl)cc2C=O)c1. The highest BCUT2D eigenvalue weighted by molar-refractivity contribution is 6.35. The first-order chi connectivity index (χ1) is 19.0. The van der Waals surface area contributed by atoms with Gasteiger partial charge in [0.15, 0.2) is 12.0 Å². The lowest BCUT2D eigenvalue weighted by Crippen LogP contribution is -2.00. The van der Waals surface area contributed by atoms with Crippen molar-refractivity contribution in [1.82, 2.24) is 4.98 Å². The first-order valence-corrected chi connectivity index (χ1v) is 12.7. The molecule has 0 fully saturated rings. The highest BCUT2D eigenvalue weighted by Gasteiger charge is 2.18. The van der Waals surface area contributed by atoms with Gasteiger partial charge in [0.25, 0.3) is 0 Å². The molecule has 0 saturated carbocycles. The van der Waals surface area contributed by atoms with Gasteiger partial charge >= 0.3 is 0 Å². The second kappa shape index (κ2) is 13.1. The zero-order valence-corrected chi connectivity index (χ0v) is 22.4. The van der Waals surface area contributed by atoms with Crippen molar-refractivity contribution in [3.63, 3.8) is 0 Å². The molecule has 9 heteroatoms. The minimum Gasteiger partial charge on any atom is -0.495 e. The number of carbonyl (C=O) groups is 1. The van der Waals surface area contributed by atoms with Crippen LogP contribution < -0.4 is 14.4 Å². The Labute approximate surface area is 235 Å². The zero-order chi connectivity index (χ0) is 27.8. The molecule has 0 spiro atoms. The van der Waals surface area contributed by atoms with Crippen molar-refractivity contribution in [2.45, 2.75) is 25.9 Å². The van der Waals surface area contributed by atoms with Crippen LogP contribution in [0.1, 0.15) is 39.0 Å². The van der Waals surface area contributed by atoms with Crippen LogP contribution in [0.15, 0.2) is 67.0 Å². The Morgan fingerprint density at radius 2 is 1.82 bits per heavy atom. The first-order valence-electron chi connectivity index (χ1n) is 12.0. The van der Waals surface area contributed by atoms with Crippen molar-refractivity contribution < 1.29 is 23.7 Å². The molecule has 1 aliphatic carbocycles. The molecule has 0 saturated heterocycles. The van der Waals surface area contributed by atoms with Crippen LogP contribution in [0, 0.1) is 11.3 Å². The van der Waals surface area contributed by atoms with E-state index >= 15 is 0 Å². The number of hydrogen-bond donors (Lipinski definition) is 0. The second-order valence-electron chi connectivity index (χ2n) is 8.62. The Kier molecular flexibility index (Phi) is 9.37. The summed E-state index contributed by atoms with van der Waals surface area (Å²) < 4.78 is 23.0. The Morgan fingerprint density at radius 1 is 1.03 bits per heavy atom. The fourth-order valence-corrected chi connectivity index (χ4v) is 4.87. The molecule has 0 aliphatic heterocycles. The summed E-state index contributed by atoms with van der Waals surface area (Å²) in [5.41, 5.74) is 6.42. The molecule has 198 valence electrons. The van der Waals surface area contributed by atoms with Crippen LogP contribution in [0.3, 0.4) is 0 Å². The molecule has 0 radical (unpaired) electrons. The van der Waals surface area contributed by atoms with Gasteiger partial charge in [0, 0.05) is 34.1 Å². The molecule has 0 unspecified atom stereocenters. The largest absolute Gasteiger partial charge is 0.495 e. The Morgan fingerprint density at radius 3 is 2.56 bits per heavy atom. The fraction of sp³-hybridized carbons (Fsp3) is 0.167. The summed E-state index contributed by atoms with van der Waals surface area (Å²) >= 11 is 12.1. The van der Waals surface area contributed by atoms with E-state index in [0.717, 1.165) is 17.7 Å². The molecular weight excluding hydrogens is 542 g/mol. The summed E-state index contributed by atoms with van der Waals surface area (Å²) in [5, 5.41) is 9.45. The van der Waals surface area contributed by atoms with Crippen LogP contribution in [0.5, 0.6) is 17.2 Å². The van der Waals surface area contributed by atoms with E-state index in [9.17, 15) is 9.32 Å². The van der Waals surface area contributed by atoms with Crippen molar-refractivity contribution in [2.75, 3.05) is 7.11 Å². The Balaban J connectivity index is 0.000000183. The van der Waals surface area contributed by atoms with Crippen LogP contribution in [-0.4, -0.2) is 18.4 Å². The molecule has 0 N–H and O–H groups in total. The maximum absolute atomic E-state index is 12.3.